The molecule has 0 aliphatic carbocycles. The number of anilines is 2. The molecule has 2 aromatic rings. The molecule has 6 heteroatoms. The summed E-state index contributed by atoms with van der Waals surface area (Å²) in [7, 11) is 0. The van der Waals surface area contributed by atoms with Gasteiger partial charge in [-0.05, 0) is 37.3 Å². The predicted octanol–water partition coefficient (Wildman–Crippen LogP) is 3.37. The minimum absolute atomic E-state index is 0.123. The Balaban J connectivity index is 1.70. The first-order valence-corrected chi connectivity index (χ1v) is 8.34. The van der Waals surface area contributed by atoms with Gasteiger partial charge in [0.15, 0.2) is 0 Å². The molecule has 5 nitrogen and oxygen atoms in total. The summed E-state index contributed by atoms with van der Waals surface area (Å²) >= 11 is 1.50. The van der Waals surface area contributed by atoms with Gasteiger partial charge >= 0.3 is 0 Å². The number of carbonyl (C=O) groups excluding carboxylic acids is 1. The molecule has 0 unspecified atom stereocenters. The molecule has 2 atom stereocenters. The van der Waals surface area contributed by atoms with Crippen LogP contribution < -0.4 is 10.6 Å². The zero-order valence-electron chi connectivity index (χ0n) is 12.4. The Labute approximate surface area is 133 Å². The minimum atomic E-state index is -0.123. The second-order valence-corrected chi connectivity index (χ2v) is 6.15. The number of thiophene rings is 1. The molecule has 2 N–H and O–H groups in total. The van der Waals surface area contributed by atoms with Gasteiger partial charge in [0, 0.05) is 24.2 Å². The summed E-state index contributed by atoms with van der Waals surface area (Å²) in [6.45, 7) is 2.93. The number of rotatable bonds is 5. The number of ether oxygens (including phenoxy) is 1. The van der Waals surface area contributed by atoms with Crippen LogP contribution in [0.3, 0.4) is 0 Å². The number of hydrogen-bond donors (Lipinski definition) is 2. The Morgan fingerprint density at radius 1 is 1.45 bits per heavy atom. The lowest BCUT2D eigenvalue weighted by atomic mass is 10.1. The average Bonchev–Trinajstić information content (AvgIpc) is 3.23. The van der Waals surface area contributed by atoms with Crippen LogP contribution in [-0.2, 0) is 4.74 Å². The fourth-order valence-corrected chi connectivity index (χ4v) is 3.18. The highest BCUT2D eigenvalue weighted by Gasteiger charge is 2.23. The monoisotopic (exact) mass is 317 g/mol. The summed E-state index contributed by atoms with van der Waals surface area (Å²) in [5.74, 6) is -0.123. The molecule has 1 fully saturated rings. The van der Waals surface area contributed by atoms with E-state index in [4.69, 9.17) is 4.74 Å². The maximum atomic E-state index is 12.2. The number of amides is 1. The van der Waals surface area contributed by atoms with Crippen LogP contribution in [0.1, 0.15) is 30.1 Å². The molecule has 3 heterocycles. The third-order valence-corrected chi connectivity index (χ3v) is 4.44. The number of pyridine rings is 1. The molecule has 116 valence electrons. The van der Waals surface area contributed by atoms with E-state index in [0.717, 1.165) is 25.1 Å². The van der Waals surface area contributed by atoms with Crippen LogP contribution in [0, 0.1) is 0 Å². The van der Waals surface area contributed by atoms with Crippen molar-refractivity contribution < 1.29 is 9.53 Å². The zero-order chi connectivity index (χ0) is 15.4. The lowest BCUT2D eigenvalue weighted by Gasteiger charge is -2.22. The van der Waals surface area contributed by atoms with Gasteiger partial charge in [0.05, 0.1) is 29.2 Å². The predicted molar refractivity (Wildman–Crippen MR) is 88.6 cm³/mol. The molecule has 22 heavy (non-hydrogen) atoms. The molecule has 0 spiro atoms. The Morgan fingerprint density at radius 2 is 2.36 bits per heavy atom. The van der Waals surface area contributed by atoms with Gasteiger partial charge in [0.25, 0.3) is 5.91 Å². The van der Waals surface area contributed by atoms with Gasteiger partial charge < -0.3 is 15.4 Å². The number of nitrogens with one attached hydrogen (secondary N) is 2. The van der Waals surface area contributed by atoms with E-state index < -0.39 is 0 Å². The van der Waals surface area contributed by atoms with Crippen molar-refractivity contribution >= 4 is 28.6 Å². The van der Waals surface area contributed by atoms with Crippen LogP contribution >= 0.6 is 11.3 Å². The van der Waals surface area contributed by atoms with E-state index in [0.29, 0.717) is 11.3 Å². The fraction of sp³-hybridized carbons (Fsp3) is 0.375. The van der Waals surface area contributed by atoms with E-state index in [9.17, 15) is 4.79 Å². The van der Waals surface area contributed by atoms with Crippen LogP contribution in [0.4, 0.5) is 11.4 Å². The second kappa shape index (κ2) is 6.89. The topological polar surface area (TPSA) is 63.2 Å². The van der Waals surface area contributed by atoms with Gasteiger partial charge in [-0.2, -0.15) is 11.3 Å². The van der Waals surface area contributed by atoms with Gasteiger partial charge in [0.1, 0.15) is 0 Å². The number of carbonyl (C=O) groups is 1. The maximum Gasteiger partial charge on any atom is 0.256 e. The summed E-state index contributed by atoms with van der Waals surface area (Å²) in [5.41, 5.74) is 2.21. The second-order valence-electron chi connectivity index (χ2n) is 5.37. The molecule has 2 aromatic heterocycles. The Hall–Kier alpha value is -1.92. The van der Waals surface area contributed by atoms with Crippen molar-refractivity contribution in [3.05, 3.63) is 40.8 Å². The summed E-state index contributed by atoms with van der Waals surface area (Å²) in [5, 5.41) is 10.0. The van der Waals surface area contributed by atoms with Crippen molar-refractivity contribution in [1.82, 2.24) is 4.98 Å². The van der Waals surface area contributed by atoms with Crippen molar-refractivity contribution in [1.29, 1.82) is 0 Å². The number of aromatic nitrogens is 1. The van der Waals surface area contributed by atoms with Crippen LogP contribution in [0.25, 0.3) is 0 Å². The molecule has 0 radical (unpaired) electrons. The molecule has 0 bridgehead atoms. The number of nitrogens with zero attached hydrogens (tertiary/aromatic N) is 1. The average molecular weight is 317 g/mol. The van der Waals surface area contributed by atoms with E-state index in [2.05, 4.69) is 22.5 Å². The Morgan fingerprint density at radius 3 is 3.09 bits per heavy atom. The molecule has 3 rings (SSSR count). The molecule has 0 aromatic carbocycles. The van der Waals surface area contributed by atoms with E-state index in [1.165, 1.54) is 11.3 Å². The smallest absolute Gasteiger partial charge is 0.256 e. The molecular weight excluding hydrogens is 298 g/mol. The highest BCUT2D eigenvalue weighted by Crippen LogP contribution is 2.25. The first-order chi connectivity index (χ1) is 10.7. The standard InChI is InChI=1S/C16H19N3O2S/c1-11(15-3-2-7-21-15)18-13-4-6-17-9-14(13)19-16(20)12-5-8-22-10-12/h4-6,8-11,15H,2-3,7H2,1H3,(H,17,18)(H,19,20)/t11-,15-/m1/s1. The SMILES string of the molecule is C[C@@H](Nc1ccncc1NC(=O)c1ccsc1)[C@H]1CCCO1. The van der Waals surface area contributed by atoms with Gasteiger partial charge in [-0.15, -0.1) is 0 Å². The first kappa shape index (κ1) is 15.0. The highest BCUT2D eigenvalue weighted by molar-refractivity contribution is 7.08. The Bertz CT molecular complexity index is 624. The largest absolute Gasteiger partial charge is 0.378 e. The van der Waals surface area contributed by atoms with E-state index in [-0.39, 0.29) is 18.1 Å². The first-order valence-electron chi connectivity index (χ1n) is 7.40. The van der Waals surface area contributed by atoms with Crippen LogP contribution in [0.5, 0.6) is 0 Å². The fourth-order valence-electron chi connectivity index (χ4n) is 2.54. The highest BCUT2D eigenvalue weighted by atomic mass is 32.1. The van der Waals surface area contributed by atoms with E-state index >= 15 is 0 Å². The molecule has 1 aliphatic rings. The van der Waals surface area contributed by atoms with Crippen LogP contribution in [0.2, 0.25) is 0 Å². The van der Waals surface area contributed by atoms with Crippen molar-refractivity contribution in [2.24, 2.45) is 0 Å². The molecular formula is C16H19N3O2S. The lowest BCUT2D eigenvalue weighted by Crippen LogP contribution is -2.30. The van der Waals surface area contributed by atoms with Crippen LogP contribution in [-0.4, -0.2) is 29.6 Å². The number of hydrogen-bond acceptors (Lipinski definition) is 5. The molecule has 0 saturated carbocycles. The van der Waals surface area contributed by atoms with Gasteiger partial charge in [-0.3, -0.25) is 9.78 Å². The normalized spacial score (nSPS) is 18.9. The van der Waals surface area contributed by atoms with Gasteiger partial charge in [0.2, 0.25) is 0 Å². The summed E-state index contributed by atoms with van der Waals surface area (Å²) < 4.78 is 5.70. The minimum Gasteiger partial charge on any atom is -0.378 e. The van der Waals surface area contributed by atoms with E-state index in [1.807, 2.05) is 16.8 Å². The van der Waals surface area contributed by atoms with Crippen LogP contribution in [0.15, 0.2) is 35.3 Å². The molecule has 1 amide bonds. The van der Waals surface area contributed by atoms with E-state index in [1.54, 1.807) is 18.5 Å². The summed E-state index contributed by atoms with van der Waals surface area (Å²) in [6, 6.07) is 3.86. The maximum absolute atomic E-state index is 12.2. The third-order valence-electron chi connectivity index (χ3n) is 3.76. The van der Waals surface area contributed by atoms with Crippen molar-refractivity contribution in [2.75, 3.05) is 17.2 Å². The quantitative estimate of drug-likeness (QED) is 0.887. The van der Waals surface area contributed by atoms with Crippen molar-refractivity contribution in [3.63, 3.8) is 0 Å². The molecule has 1 saturated heterocycles. The van der Waals surface area contributed by atoms with Gasteiger partial charge in [-0.1, -0.05) is 0 Å². The zero-order valence-corrected chi connectivity index (χ0v) is 13.2. The van der Waals surface area contributed by atoms with Crippen molar-refractivity contribution in [3.8, 4) is 0 Å². The summed E-state index contributed by atoms with van der Waals surface area (Å²) in [4.78, 5) is 16.3. The summed E-state index contributed by atoms with van der Waals surface area (Å²) in [6.07, 6.45) is 5.76. The molecule has 1 aliphatic heterocycles. The van der Waals surface area contributed by atoms with Gasteiger partial charge in [-0.25, -0.2) is 0 Å². The third kappa shape index (κ3) is 3.45. The lowest BCUT2D eigenvalue weighted by molar-refractivity contribution is 0.0997. The Kier molecular flexibility index (Phi) is 4.70. The van der Waals surface area contributed by atoms with Crippen molar-refractivity contribution in [2.45, 2.75) is 31.9 Å².